The molecule has 4 atom stereocenters. The van der Waals surface area contributed by atoms with Crippen molar-refractivity contribution in [2.24, 2.45) is 16.8 Å². The lowest BCUT2D eigenvalue weighted by Crippen LogP contribution is -2.45. The lowest BCUT2D eigenvalue weighted by Gasteiger charge is -2.38. The van der Waals surface area contributed by atoms with Gasteiger partial charge in [-0.25, -0.2) is 13.2 Å². The molecule has 40 heavy (non-hydrogen) atoms. The molecule has 2 bridgehead atoms. The lowest BCUT2D eigenvalue weighted by atomic mass is 9.92. The first-order valence-corrected chi connectivity index (χ1v) is 14.7. The fraction of sp³-hybridized carbons (Fsp3) is 0.519. The van der Waals surface area contributed by atoms with Gasteiger partial charge in [-0.2, -0.15) is 13.2 Å². The summed E-state index contributed by atoms with van der Waals surface area (Å²) >= 11 is 6.95. The summed E-state index contributed by atoms with van der Waals surface area (Å²) in [5, 5.41) is 3.06. The Bertz CT molecular complexity index is 1230. The van der Waals surface area contributed by atoms with E-state index in [9.17, 15) is 31.1 Å². The first-order chi connectivity index (χ1) is 19.0. The molecule has 2 fully saturated rings. The zero-order valence-electron chi connectivity index (χ0n) is 21.7. The molecule has 1 saturated heterocycles. The normalized spacial score (nSPS) is 21.9. The number of amidine groups is 1. The number of aromatic nitrogens is 1. The standard InChI is InChI=1S/C27H29ClF6N4OS/c1-40-26(37-25(39)19(4-2-3-10-28)18-7-8-20(29)23(31)22(18)30)36-24-15-5-6-16(24)14-38(13-15)17-9-11-35-21(12-17)27(32,33)34/h7-9,11-12,15-16,19,24H,2-6,10,13-14H2,1H3,(H,36,37,39)/t15-,16?,19?,24?/m1/s1. The molecule has 1 aromatic carbocycles. The number of halogens is 7. The van der Waals surface area contributed by atoms with Gasteiger partial charge in [-0.3, -0.25) is 14.8 Å². The number of carbonyl (C=O) groups is 1. The molecule has 1 saturated carbocycles. The number of alkyl halides is 4. The topological polar surface area (TPSA) is 57.6 Å². The van der Waals surface area contributed by atoms with Crippen molar-refractivity contribution >= 4 is 40.1 Å². The van der Waals surface area contributed by atoms with E-state index in [0.717, 1.165) is 37.2 Å². The predicted molar refractivity (Wildman–Crippen MR) is 144 cm³/mol. The maximum Gasteiger partial charge on any atom is 0.433 e. The van der Waals surface area contributed by atoms with Gasteiger partial charge in [0.05, 0.1) is 12.0 Å². The van der Waals surface area contributed by atoms with Crippen molar-refractivity contribution in [3.8, 4) is 0 Å². The van der Waals surface area contributed by atoms with E-state index in [0.29, 0.717) is 42.7 Å². The van der Waals surface area contributed by atoms with E-state index < -0.39 is 41.1 Å². The molecule has 0 radical (unpaired) electrons. The zero-order chi connectivity index (χ0) is 29.0. The zero-order valence-corrected chi connectivity index (χ0v) is 23.2. The highest BCUT2D eigenvalue weighted by Gasteiger charge is 2.43. The van der Waals surface area contributed by atoms with E-state index >= 15 is 0 Å². The molecule has 1 aliphatic carbocycles. The van der Waals surface area contributed by atoms with Crippen molar-refractivity contribution in [3.05, 3.63) is 59.2 Å². The number of benzene rings is 1. The van der Waals surface area contributed by atoms with E-state index in [1.165, 1.54) is 11.8 Å². The summed E-state index contributed by atoms with van der Waals surface area (Å²) in [6, 6.07) is 4.34. The molecule has 2 heterocycles. The number of hydrogen-bond acceptors (Lipinski definition) is 5. The highest BCUT2D eigenvalue weighted by molar-refractivity contribution is 8.13. The van der Waals surface area contributed by atoms with Crippen molar-refractivity contribution in [1.29, 1.82) is 0 Å². The quantitative estimate of drug-likeness (QED) is 0.0901. The summed E-state index contributed by atoms with van der Waals surface area (Å²) in [7, 11) is 0. The third-order valence-corrected chi connectivity index (χ3v) is 8.37. The Kier molecular flexibility index (Phi) is 9.92. The monoisotopic (exact) mass is 606 g/mol. The molecular weight excluding hydrogens is 578 g/mol. The van der Waals surface area contributed by atoms with Crippen molar-refractivity contribution in [2.45, 2.75) is 50.2 Å². The van der Waals surface area contributed by atoms with Crippen LogP contribution in [-0.2, 0) is 11.0 Å². The molecule has 1 amide bonds. The third kappa shape index (κ3) is 6.87. The molecule has 1 aromatic heterocycles. The summed E-state index contributed by atoms with van der Waals surface area (Å²) < 4.78 is 81.6. The van der Waals surface area contributed by atoms with Crippen LogP contribution in [0.4, 0.5) is 32.0 Å². The second kappa shape index (κ2) is 13.0. The number of amides is 1. The minimum Gasteiger partial charge on any atom is -0.371 e. The highest BCUT2D eigenvalue weighted by atomic mass is 35.5. The molecule has 218 valence electrons. The number of fused-ring (bicyclic) bond motifs is 2. The summed E-state index contributed by atoms with van der Waals surface area (Å²) in [4.78, 5) is 23.5. The van der Waals surface area contributed by atoms with Gasteiger partial charge in [0.25, 0.3) is 0 Å². The molecular formula is C27H29ClF6N4OS. The fourth-order valence-corrected chi connectivity index (χ4v) is 6.15. The number of piperidine rings is 1. The van der Waals surface area contributed by atoms with Gasteiger partial charge < -0.3 is 10.2 Å². The smallest absolute Gasteiger partial charge is 0.371 e. The van der Waals surface area contributed by atoms with Gasteiger partial charge in [0.1, 0.15) is 5.69 Å². The number of aliphatic imine (C=N–C) groups is 1. The number of nitrogens with zero attached hydrogens (tertiary/aromatic N) is 3. The van der Waals surface area contributed by atoms with Crippen LogP contribution in [-0.4, -0.2) is 47.3 Å². The molecule has 3 unspecified atom stereocenters. The first-order valence-electron chi connectivity index (χ1n) is 12.9. The highest BCUT2D eigenvalue weighted by Crippen LogP contribution is 2.41. The van der Waals surface area contributed by atoms with E-state index in [1.54, 1.807) is 12.3 Å². The lowest BCUT2D eigenvalue weighted by molar-refractivity contribution is -0.141. The number of hydrogen-bond donors (Lipinski definition) is 1. The molecule has 2 aromatic rings. The van der Waals surface area contributed by atoms with E-state index in [1.807, 2.05) is 4.90 Å². The Balaban J connectivity index is 1.50. The summed E-state index contributed by atoms with van der Waals surface area (Å²) in [6.07, 6.45) is 1.23. The van der Waals surface area contributed by atoms with Crippen LogP contribution >= 0.6 is 23.4 Å². The number of nitrogens with one attached hydrogen (secondary N) is 1. The molecule has 1 N–H and O–H groups in total. The minimum atomic E-state index is -4.53. The van der Waals surface area contributed by atoms with Gasteiger partial charge in [0.2, 0.25) is 5.91 Å². The second-order valence-corrected chi connectivity index (χ2v) is 11.2. The van der Waals surface area contributed by atoms with Crippen LogP contribution in [0.1, 0.15) is 49.3 Å². The van der Waals surface area contributed by atoms with Gasteiger partial charge >= 0.3 is 6.18 Å². The summed E-state index contributed by atoms with van der Waals surface area (Å²) in [5.41, 5.74) is -0.730. The van der Waals surface area contributed by atoms with Crippen LogP contribution < -0.4 is 10.2 Å². The largest absolute Gasteiger partial charge is 0.433 e. The Morgan fingerprint density at radius 2 is 1.85 bits per heavy atom. The average molecular weight is 607 g/mol. The Morgan fingerprint density at radius 3 is 2.48 bits per heavy atom. The molecule has 2 aliphatic rings. The predicted octanol–water partition coefficient (Wildman–Crippen LogP) is 6.76. The van der Waals surface area contributed by atoms with Gasteiger partial charge in [-0.1, -0.05) is 24.2 Å². The number of pyridine rings is 1. The van der Waals surface area contributed by atoms with Crippen molar-refractivity contribution in [1.82, 2.24) is 10.3 Å². The summed E-state index contributed by atoms with van der Waals surface area (Å²) in [5.74, 6) is -5.58. The molecule has 4 rings (SSSR count). The van der Waals surface area contributed by atoms with Crippen LogP contribution in [0.5, 0.6) is 0 Å². The maximum atomic E-state index is 14.6. The molecule has 5 nitrogen and oxygen atoms in total. The van der Waals surface area contributed by atoms with E-state index in [4.69, 9.17) is 16.6 Å². The van der Waals surface area contributed by atoms with Crippen LogP contribution in [0.2, 0.25) is 0 Å². The van der Waals surface area contributed by atoms with Crippen molar-refractivity contribution in [3.63, 3.8) is 0 Å². The van der Waals surface area contributed by atoms with Crippen molar-refractivity contribution < 1.29 is 31.1 Å². The second-order valence-electron chi connectivity index (χ2n) is 10.0. The fourth-order valence-electron chi connectivity index (χ4n) is 5.53. The van der Waals surface area contributed by atoms with Gasteiger partial charge in [0, 0.05) is 36.4 Å². The minimum absolute atomic E-state index is 0.0588. The van der Waals surface area contributed by atoms with Crippen LogP contribution in [0.25, 0.3) is 0 Å². The number of thioether (sulfide) groups is 1. The van der Waals surface area contributed by atoms with Crippen LogP contribution in [0, 0.1) is 29.3 Å². The SMILES string of the molecule is CSC(=NC1C2CC[C@@H]1CN(c1ccnc(C(F)(F)F)c1)C2)NC(=O)C(CCCCCl)c1ccc(F)c(F)c1F. The molecule has 0 spiro atoms. The van der Waals surface area contributed by atoms with Crippen molar-refractivity contribution in [2.75, 3.05) is 30.1 Å². The van der Waals surface area contributed by atoms with Gasteiger partial charge in [0.15, 0.2) is 22.6 Å². The van der Waals surface area contributed by atoms with Crippen LogP contribution in [0.15, 0.2) is 35.5 Å². The Morgan fingerprint density at radius 1 is 1.15 bits per heavy atom. The Labute approximate surface area is 237 Å². The number of rotatable bonds is 8. The molecule has 13 heteroatoms. The van der Waals surface area contributed by atoms with Crippen LogP contribution in [0.3, 0.4) is 0 Å². The van der Waals surface area contributed by atoms with Gasteiger partial charge in [-0.15, -0.1) is 11.6 Å². The van der Waals surface area contributed by atoms with E-state index in [-0.39, 0.29) is 29.9 Å². The first kappa shape index (κ1) is 30.5. The average Bonchev–Trinajstić information content (AvgIpc) is 3.14. The number of unbranched alkanes of at least 4 members (excludes halogenated alkanes) is 1. The third-order valence-electron chi connectivity index (χ3n) is 7.51. The Hall–Kier alpha value is -2.47. The van der Waals surface area contributed by atoms with E-state index in [2.05, 4.69) is 10.3 Å². The van der Waals surface area contributed by atoms with Gasteiger partial charge in [-0.05, 0) is 62.0 Å². The number of carbonyl (C=O) groups excluding carboxylic acids is 1. The maximum absolute atomic E-state index is 14.6. The molecule has 1 aliphatic heterocycles. The number of anilines is 1. The summed E-state index contributed by atoms with van der Waals surface area (Å²) in [6.45, 7) is 1.01.